The van der Waals surface area contributed by atoms with E-state index >= 15 is 0 Å². The van der Waals surface area contributed by atoms with Gasteiger partial charge in [0.25, 0.3) is 5.91 Å². The molecule has 0 spiro atoms. The molecular formula is C15H21NO5. The molecule has 6 nitrogen and oxygen atoms in total. The van der Waals surface area contributed by atoms with Crippen LogP contribution in [0, 0.1) is 0 Å². The highest BCUT2D eigenvalue weighted by Gasteiger charge is 2.30. The number of aliphatic hydroxyl groups is 1. The van der Waals surface area contributed by atoms with Crippen LogP contribution in [0.3, 0.4) is 0 Å². The minimum Gasteiger partial charge on any atom is -0.497 e. The third kappa shape index (κ3) is 3.46. The highest BCUT2D eigenvalue weighted by atomic mass is 16.5. The Morgan fingerprint density at radius 3 is 2.48 bits per heavy atom. The number of methoxy groups -OCH3 is 2. The zero-order chi connectivity index (χ0) is 15.4. The monoisotopic (exact) mass is 295 g/mol. The van der Waals surface area contributed by atoms with Crippen molar-refractivity contribution < 1.29 is 24.1 Å². The molecule has 0 aromatic heterocycles. The Hall–Kier alpha value is -1.79. The van der Waals surface area contributed by atoms with Gasteiger partial charge < -0.3 is 24.2 Å². The molecule has 2 atom stereocenters. The molecule has 2 unspecified atom stereocenters. The molecule has 2 rings (SSSR count). The Kier molecular flexibility index (Phi) is 5.03. The predicted molar refractivity (Wildman–Crippen MR) is 76.9 cm³/mol. The number of amides is 1. The molecule has 1 aliphatic rings. The molecule has 116 valence electrons. The van der Waals surface area contributed by atoms with Gasteiger partial charge in [-0.3, -0.25) is 4.79 Å². The number of ether oxygens (including phenoxy) is 3. The Morgan fingerprint density at radius 1 is 1.33 bits per heavy atom. The molecule has 6 heteroatoms. The summed E-state index contributed by atoms with van der Waals surface area (Å²) in [5, 5.41) is 9.21. The minimum absolute atomic E-state index is 0.0440. The van der Waals surface area contributed by atoms with Crippen LogP contribution in [-0.2, 0) is 4.74 Å². The maximum absolute atomic E-state index is 12.7. The molecule has 0 aliphatic carbocycles. The van der Waals surface area contributed by atoms with E-state index in [-0.39, 0.29) is 24.7 Å². The third-order valence-electron chi connectivity index (χ3n) is 3.57. The zero-order valence-corrected chi connectivity index (χ0v) is 12.5. The maximum atomic E-state index is 12.7. The molecule has 1 aliphatic heterocycles. The number of aliphatic hydroxyl groups excluding tert-OH is 1. The lowest BCUT2D eigenvalue weighted by Crippen LogP contribution is -2.52. The van der Waals surface area contributed by atoms with E-state index in [0.717, 1.165) is 0 Å². The van der Waals surface area contributed by atoms with Crippen molar-refractivity contribution in [2.45, 2.75) is 19.1 Å². The van der Waals surface area contributed by atoms with E-state index in [1.165, 1.54) is 0 Å². The molecule has 1 fully saturated rings. The number of morpholine rings is 1. The fraction of sp³-hybridized carbons (Fsp3) is 0.533. The standard InChI is InChI=1S/C15H21NO5/c1-10-9-21-14(8-17)7-16(10)15(18)11-4-12(19-2)6-13(5-11)20-3/h4-6,10,14,17H,7-9H2,1-3H3. The van der Waals surface area contributed by atoms with Crippen molar-refractivity contribution in [2.24, 2.45) is 0 Å². The van der Waals surface area contributed by atoms with Gasteiger partial charge in [0.15, 0.2) is 0 Å². The topological polar surface area (TPSA) is 68.2 Å². The first-order valence-corrected chi connectivity index (χ1v) is 6.85. The van der Waals surface area contributed by atoms with E-state index < -0.39 is 0 Å². The Balaban J connectivity index is 2.25. The van der Waals surface area contributed by atoms with Crippen LogP contribution in [-0.4, -0.2) is 62.0 Å². The van der Waals surface area contributed by atoms with Gasteiger partial charge in [0.1, 0.15) is 11.5 Å². The van der Waals surface area contributed by atoms with Gasteiger partial charge in [-0.25, -0.2) is 0 Å². The summed E-state index contributed by atoms with van der Waals surface area (Å²) in [5.74, 6) is 1.01. The highest BCUT2D eigenvalue weighted by molar-refractivity contribution is 5.95. The fourth-order valence-corrected chi connectivity index (χ4v) is 2.31. The normalized spacial score (nSPS) is 22.0. The quantitative estimate of drug-likeness (QED) is 0.895. The Bertz CT molecular complexity index is 483. The van der Waals surface area contributed by atoms with E-state index in [1.54, 1.807) is 37.3 Å². The number of benzene rings is 1. The molecule has 1 heterocycles. The molecular weight excluding hydrogens is 274 g/mol. The molecule has 1 amide bonds. The van der Waals surface area contributed by atoms with Crippen LogP contribution >= 0.6 is 0 Å². The first-order valence-electron chi connectivity index (χ1n) is 6.85. The second kappa shape index (κ2) is 6.78. The van der Waals surface area contributed by atoms with Gasteiger partial charge >= 0.3 is 0 Å². The zero-order valence-electron chi connectivity index (χ0n) is 12.5. The number of hydrogen-bond acceptors (Lipinski definition) is 5. The average molecular weight is 295 g/mol. The van der Waals surface area contributed by atoms with E-state index in [4.69, 9.17) is 14.2 Å². The van der Waals surface area contributed by atoms with Gasteiger partial charge in [-0.05, 0) is 19.1 Å². The van der Waals surface area contributed by atoms with Crippen molar-refractivity contribution in [3.8, 4) is 11.5 Å². The molecule has 0 bridgehead atoms. The van der Waals surface area contributed by atoms with Gasteiger partial charge in [0.2, 0.25) is 0 Å². The molecule has 1 N–H and O–H groups in total. The summed E-state index contributed by atoms with van der Waals surface area (Å²) < 4.78 is 15.8. The number of carbonyl (C=O) groups is 1. The average Bonchev–Trinajstić information content (AvgIpc) is 2.54. The van der Waals surface area contributed by atoms with Gasteiger partial charge in [-0.15, -0.1) is 0 Å². The first kappa shape index (κ1) is 15.6. The maximum Gasteiger partial charge on any atom is 0.254 e. The lowest BCUT2D eigenvalue weighted by atomic mass is 10.1. The second-order valence-electron chi connectivity index (χ2n) is 5.05. The molecule has 1 aromatic rings. The summed E-state index contributed by atoms with van der Waals surface area (Å²) in [6, 6.07) is 5.04. The van der Waals surface area contributed by atoms with Crippen molar-refractivity contribution in [1.82, 2.24) is 4.90 Å². The van der Waals surface area contributed by atoms with E-state index in [9.17, 15) is 9.90 Å². The third-order valence-corrected chi connectivity index (χ3v) is 3.57. The summed E-state index contributed by atoms with van der Waals surface area (Å²) in [6.07, 6.45) is -0.336. The van der Waals surface area contributed by atoms with Crippen LogP contribution < -0.4 is 9.47 Å². The highest BCUT2D eigenvalue weighted by Crippen LogP contribution is 2.25. The van der Waals surface area contributed by atoms with Crippen LogP contribution in [0.15, 0.2) is 18.2 Å². The number of rotatable bonds is 4. The number of hydrogen-bond donors (Lipinski definition) is 1. The smallest absolute Gasteiger partial charge is 0.254 e. The summed E-state index contributed by atoms with van der Waals surface area (Å²) in [7, 11) is 3.09. The summed E-state index contributed by atoms with van der Waals surface area (Å²) >= 11 is 0. The Morgan fingerprint density at radius 2 is 1.95 bits per heavy atom. The predicted octanol–water partition coefficient (Wildman–Crippen LogP) is 0.926. The van der Waals surface area contributed by atoms with E-state index in [2.05, 4.69) is 0 Å². The SMILES string of the molecule is COc1cc(OC)cc(C(=O)N2CC(CO)OCC2C)c1. The van der Waals surface area contributed by atoms with E-state index in [1.807, 2.05) is 6.92 Å². The summed E-state index contributed by atoms with van der Waals surface area (Å²) in [6.45, 7) is 2.61. The Labute approximate surface area is 124 Å². The van der Waals surface area contributed by atoms with E-state index in [0.29, 0.717) is 30.2 Å². The van der Waals surface area contributed by atoms with Gasteiger partial charge in [-0.1, -0.05) is 0 Å². The fourth-order valence-electron chi connectivity index (χ4n) is 2.31. The molecule has 0 saturated carbocycles. The number of carbonyl (C=O) groups excluding carboxylic acids is 1. The summed E-state index contributed by atoms with van der Waals surface area (Å²) in [4.78, 5) is 14.4. The van der Waals surface area contributed by atoms with Crippen LogP contribution in [0.1, 0.15) is 17.3 Å². The van der Waals surface area contributed by atoms with Crippen molar-refractivity contribution in [1.29, 1.82) is 0 Å². The van der Waals surface area contributed by atoms with Crippen LogP contribution in [0.2, 0.25) is 0 Å². The first-order chi connectivity index (χ1) is 10.1. The molecule has 1 aromatic carbocycles. The second-order valence-corrected chi connectivity index (χ2v) is 5.05. The minimum atomic E-state index is -0.336. The molecule has 21 heavy (non-hydrogen) atoms. The lowest BCUT2D eigenvalue weighted by Gasteiger charge is -2.37. The van der Waals surface area contributed by atoms with Crippen molar-refractivity contribution in [3.05, 3.63) is 23.8 Å². The van der Waals surface area contributed by atoms with Crippen LogP contribution in [0.4, 0.5) is 0 Å². The van der Waals surface area contributed by atoms with Crippen molar-refractivity contribution in [2.75, 3.05) is 34.0 Å². The van der Waals surface area contributed by atoms with Gasteiger partial charge in [0.05, 0.1) is 39.6 Å². The number of nitrogens with zero attached hydrogens (tertiary/aromatic N) is 1. The molecule has 0 radical (unpaired) electrons. The van der Waals surface area contributed by atoms with Gasteiger partial charge in [-0.2, -0.15) is 0 Å². The van der Waals surface area contributed by atoms with Crippen LogP contribution in [0.25, 0.3) is 0 Å². The van der Waals surface area contributed by atoms with Gasteiger partial charge in [0, 0.05) is 18.2 Å². The summed E-state index contributed by atoms with van der Waals surface area (Å²) in [5.41, 5.74) is 0.497. The lowest BCUT2D eigenvalue weighted by molar-refractivity contribution is -0.0667. The van der Waals surface area contributed by atoms with Crippen molar-refractivity contribution in [3.63, 3.8) is 0 Å². The van der Waals surface area contributed by atoms with Crippen LogP contribution in [0.5, 0.6) is 11.5 Å². The van der Waals surface area contributed by atoms with Crippen molar-refractivity contribution >= 4 is 5.91 Å². The molecule has 1 saturated heterocycles. The largest absolute Gasteiger partial charge is 0.497 e.